The Morgan fingerprint density at radius 1 is 1.21 bits per heavy atom. The summed E-state index contributed by atoms with van der Waals surface area (Å²) in [6, 6.07) is 8.42. The Bertz CT molecular complexity index is 358. The Labute approximate surface area is 116 Å². The predicted molar refractivity (Wildman–Crippen MR) is 78.8 cm³/mol. The molecule has 0 fully saturated rings. The number of rotatable bonds is 9. The van der Waals surface area contributed by atoms with E-state index < -0.39 is 0 Å². The summed E-state index contributed by atoms with van der Waals surface area (Å²) in [5.74, 6) is 0.940. The van der Waals surface area contributed by atoms with Crippen molar-refractivity contribution in [2.45, 2.75) is 13.0 Å². The van der Waals surface area contributed by atoms with Crippen LogP contribution in [-0.4, -0.2) is 52.4 Å². The first kappa shape index (κ1) is 16.0. The average molecular weight is 266 g/mol. The van der Waals surface area contributed by atoms with Gasteiger partial charge in [0.15, 0.2) is 0 Å². The molecule has 0 aliphatic carbocycles. The van der Waals surface area contributed by atoms with Gasteiger partial charge in [0.1, 0.15) is 5.75 Å². The highest BCUT2D eigenvalue weighted by atomic mass is 16.5. The fourth-order valence-electron chi connectivity index (χ4n) is 1.96. The van der Waals surface area contributed by atoms with Crippen LogP contribution < -0.4 is 10.1 Å². The maximum Gasteiger partial charge on any atom is 0.123 e. The summed E-state index contributed by atoms with van der Waals surface area (Å²) in [5, 5.41) is 3.52. The molecule has 0 saturated carbocycles. The molecule has 1 N–H and O–H groups in total. The second kappa shape index (κ2) is 8.91. The molecule has 1 aromatic carbocycles. The average Bonchev–Trinajstić information content (AvgIpc) is 2.44. The Morgan fingerprint density at radius 3 is 2.63 bits per heavy atom. The van der Waals surface area contributed by atoms with Gasteiger partial charge in [0.25, 0.3) is 0 Å². The third-order valence-corrected chi connectivity index (χ3v) is 3.23. The van der Waals surface area contributed by atoms with Crippen LogP contribution >= 0.6 is 0 Å². The summed E-state index contributed by atoms with van der Waals surface area (Å²) < 4.78 is 10.4. The standard InChI is InChI=1S/C15H26N2O2/c1-13(14-7-5-6-8-15(14)19-4)16-9-10-17(2)11-12-18-3/h5-8,13,16H,9-12H2,1-4H3. The molecule has 4 heteroatoms. The molecule has 1 unspecified atom stereocenters. The van der Waals surface area contributed by atoms with Crippen molar-refractivity contribution in [3.63, 3.8) is 0 Å². The summed E-state index contributed by atoms with van der Waals surface area (Å²) in [6.45, 7) is 5.84. The Hall–Kier alpha value is -1.10. The number of hydrogen-bond acceptors (Lipinski definition) is 4. The van der Waals surface area contributed by atoms with Crippen LogP contribution in [0.5, 0.6) is 5.75 Å². The number of likely N-dealkylation sites (N-methyl/N-ethyl adjacent to an activating group) is 1. The molecular formula is C15H26N2O2. The van der Waals surface area contributed by atoms with Gasteiger partial charge < -0.3 is 19.7 Å². The van der Waals surface area contributed by atoms with Crippen LogP contribution in [-0.2, 0) is 4.74 Å². The first-order valence-corrected chi connectivity index (χ1v) is 6.72. The van der Waals surface area contributed by atoms with Gasteiger partial charge in [0.2, 0.25) is 0 Å². The highest BCUT2D eigenvalue weighted by molar-refractivity contribution is 5.35. The Morgan fingerprint density at radius 2 is 1.95 bits per heavy atom. The van der Waals surface area contributed by atoms with Crippen molar-refractivity contribution in [2.24, 2.45) is 0 Å². The van der Waals surface area contributed by atoms with Crippen molar-refractivity contribution >= 4 is 0 Å². The number of methoxy groups -OCH3 is 2. The molecule has 0 bridgehead atoms. The van der Waals surface area contributed by atoms with Gasteiger partial charge in [-0.05, 0) is 20.0 Å². The largest absolute Gasteiger partial charge is 0.496 e. The predicted octanol–water partition coefficient (Wildman–Crippen LogP) is 1.92. The monoisotopic (exact) mass is 266 g/mol. The van der Waals surface area contributed by atoms with Crippen LogP contribution in [0.3, 0.4) is 0 Å². The van der Waals surface area contributed by atoms with Crippen molar-refractivity contribution in [3.8, 4) is 5.75 Å². The lowest BCUT2D eigenvalue weighted by molar-refractivity contribution is 0.161. The number of ether oxygens (including phenoxy) is 2. The summed E-state index contributed by atoms with van der Waals surface area (Å²) >= 11 is 0. The van der Waals surface area contributed by atoms with Gasteiger partial charge in [-0.15, -0.1) is 0 Å². The molecule has 0 aliphatic rings. The second-order valence-corrected chi connectivity index (χ2v) is 4.71. The summed E-state index contributed by atoms with van der Waals surface area (Å²) in [6.07, 6.45) is 0. The third-order valence-electron chi connectivity index (χ3n) is 3.23. The van der Waals surface area contributed by atoms with E-state index in [1.807, 2.05) is 18.2 Å². The number of para-hydroxylation sites is 1. The maximum absolute atomic E-state index is 5.38. The topological polar surface area (TPSA) is 33.7 Å². The SMILES string of the molecule is COCCN(C)CCNC(C)c1ccccc1OC. The lowest BCUT2D eigenvalue weighted by atomic mass is 10.1. The number of nitrogens with zero attached hydrogens (tertiary/aromatic N) is 1. The van der Waals surface area contributed by atoms with E-state index in [1.54, 1.807) is 14.2 Å². The molecule has 1 rings (SSSR count). The molecular weight excluding hydrogens is 240 g/mol. The molecule has 0 radical (unpaired) electrons. The van der Waals surface area contributed by atoms with E-state index in [1.165, 1.54) is 5.56 Å². The van der Waals surface area contributed by atoms with Crippen LogP contribution in [0.25, 0.3) is 0 Å². The Balaban J connectivity index is 2.36. The minimum Gasteiger partial charge on any atom is -0.496 e. The molecule has 0 heterocycles. The summed E-state index contributed by atoms with van der Waals surface area (Å²) in [7, 11) is 5.55. The second-order valence-electron chi connectivity index (χ2n) is 4.71. The van der Waals surface area contributed by atoms with Crippen LogP contribution in [0.1, 0.15) is 18.5 Å². The van der Waals surface area contributed by atoms with E-state index in [0.717, 1.165) is 32.0 Å². The minimum absolute atomic E-state index is 0.284. The van der Waals surface area contributed by atoms with Crippen molar-refractivity contribution < 1.29 is 9.47 Å². The molecule has 0 saturated heterocycles. The maximum atomic E-state index is 5.38. The number of hydrogen-bond donors (Lipinski definition) is 1. The molecule has 0 aliphatic heterocycles. The van der Waals surface area contributed by atoms with Crippen molar-refractivity contribution in [1.82, 2.24) is 10.2 Å². The van der Waals surface area contributed by atoms with Crippen LogP contribution in [0.4, 0.5) is 0 Å². The normalized spacial score (nSPS) is 12.7. The minimum atomic E-state index is 0.284. The lowest BCUT2D eigenvalue weighted by Crippen LogP contribution is -2.32. The number of nitrogens with one attached hydrogen (secondary N) is 1. The van der Waals surface area contributed by atoms with Crippen molar-refractivity contribution in [1.29, 1.82) is 0 Å². The van der Waals surface area contributed by atoms with Gasteiger partial charge in [-0.3, -0.25) is 0 Å². The zero-order chi connectivity index (χ0) is 14.1. The molecule has 1 atom stereocenters. The quantitative estimate of drug-likeness (QED) is 0.740. The smallest absolute Gasteiger partial charge is 0.123 e. The van der Waals surface area contributed by atoms with Gasteiger partial charge in [-0.25, -0.2) is 0 Å². The molecule has 0 aromatic heterocycles. The zero-order valence-corrected chi connectivity index (χ0v) is 12.5. The Kier molecular flexibility index (Phi) is 7.48. The van der Waals surface area contributed by atoms with E-state index in [9.17, 15) is 0 Å². The van der Waals surface area contributed by atoms with Gasteiger partial charge in [-0.1, -0.05) is 18.2 Å². The fourth-order valence-corrected chi connectivity index (χ4v) is 1.96. The molecule has 108 valence electrons. The molecule has 1 aromatic rings. The molecule has 4 nitrogen and oxygen atoms in total. The van der Waals surface area contributed by atoms with Gasteiger partial charge >= 0.3 is 0 Å². The first-order valence-electron chi connectivity index (χ1n) is 6.72. The van der Waals surface area contributed by atoms with Gasteiger partial charge in [-0.2, -0.15) is 0 Å². The van der Waals surface area contributed by atoms with E-state index in [4.69, 9.17) is 9.47 Å². The van der Waals surface area contributed by atoms with Crippen molar-refractivity contribution in [2.75, 3.05) is 47.5 Å². The number of benzene rings is 1. The van der Waals surface area contributed by atoms with Gasteiger partial charge in [0.05, 0.1) is 13.7 Å². The van der Waals surface area contributed by atoms with E-state index in [-0.39, 0.29) is 6.04 Å². The third kappa shape index (κ3) is 5.59. The highest BCUT2D eigenvalue weighted by Gasteiger charge is 2.09. The fraction of sp³-hybridized carbons (Fsp3) is 0.600. The molecule has 19 heavy (non-hydrogen) atoms. The lowest BCUT2D eigenvalue weighted by Gasteiger charge is -2.20. The van der Waals surface area contributed by atoms with Crippen LogP contribution in [0.15, 0.2) is 24.3 Å². The molecule has 0 amide bonds. The van der Waals surface area contributed by atoms with Crippen molar-refractivity contribution in [3.05, 3.63) is 29.8 Å². The highest BCUT2D eigenvalue weighted by Crippen LogP contribution is 2.23. The molecule has 0 spiro atoms. The van der Waals surface area contributed by atoms with E-state index in [0.29, 0.717) is 0 Å². The summed E-state index contributed by atoms with van der Waals surface area (Å²) in [4.78, 5) is 2.26. The van der Waals surface area contributed by atoms with Crippen LogP contribution in [0.2, 0.25) is 0 Å². The first-order chi connectivity index (χ1) is 9.19. The van der Waals surface area contributed by atoms with E-state index >= 15 is 0 Å². The summed E-state index contributed by atoms with van der Waals surface area (Å²) in [5.41, 5.74) is 1.20. The van der Waals surface area contributed by atoms with Crippen LogP contribution in [0, 0.1) is 0 Å². The zero-order valence-electron chi connectivity index (χ0n) is 12.5. The van der Waals surface area contributed by atoms with Gasteiger partial charge in [0, 0.05) is 38.3 Å². The van der Waals surface area contributed by atoms with E-state index in [2.05, 4.69) is 30.3 Å².